The van der Waals surface area contributed by atoms with E-state index in [1.54, 1.807) is 6.07 Å². The molecule has 3 aromatic rings. The SMILES string of the molecule is CCS(=O)(=O)Nc1ccc(NC(=O)c2ccc(-c3cccc(C)c3)[nH]c2=O)cc1OC. The van der Waals surface area contributed by atoms with Gasteiger partial charge in [0.05, 0.1) is 18.6 Å². The second-order valence-corrected chi connectivity index (χ2v) is 8.87. The Balaban J connectivity index is 1.82. The third-order valence-corrected chi connectivity index (χ3v) is 5.88. The molecule has 3 rings (SSSR count). The standard InChI is InChI=1S/C22H23N3O5S/c1-4-31(28,29)25-19-10-8-16(13-20(19)30-3)23-21(26)17-9-11-18(24-22(17)27)15-7-5-6-14(2)12-15/h5-13,25H,4H2,1-3H3,(H,23,26)(H,24,27). The van der Waals surface area contributed by atoms with Crippen molar-refractivity contribution in [3.8, 4) is 17.0 Å². The van der Waals surface area contributed by atoms with E-state index in [0.29, 0.717) is 11.4 Å². The van der Waals surface area contributed by atoms with E-state index >= 15 is 0 Å². The average Bonchev–Trinajstić information content (AvgIpc) is 2.74. The van der Waals surface area contributed by atoms with Crippen molar-refractivity contribution in [2.24, 2.45) is 0 Å². The van der Waals surface area contributed by atoms with Crippen molar-refractivity contribution in [1.82, 2.24) is 4.98 Å². The summed E-state index contributed by atoms with van der Waals surface area (Å²) in [4.78, 5) is 27.8. The molecule has 0 spiro atoms. The molecule has 0 aliphatic carbocycles. The Morgan fingerprint density at radius 3 is 2.52 bits per heavy atom. The first-order valence-corrected chi connectivity index (χ1v) is 11.2. The molecular formula is C22H23N3O5S. The highest BCUT2D eigenvalue weighted by Crippen LogP contribution is 2.29. The number of aryl methyl sites for hydroxylation is 1. The van der Waals surface area contributed by atoms with Gasteiger partial charge >= 0.3 is 0 Å². The number of carbonyl (C=O) groups excluding carboxylic acids is 1. The first-order valence-electron chi connectivity index (χ1n) is 9.52. The number of benzene rings is 2. The van der Waals surface area contributed by atoms with Gasteiger partial charge in [-0.15, -0.1) is 0 Å². The summed E-state index contributed by atoms with van der Waals surface area (Å²) in [5.41, 5.74) is 2.55. The number of anilines is 2. The molecule has 8 nitrogen and oxygen atoms in total. The van der Waals surface area contributed by atoms with E-state index in [9.17, 15) is 18.0 Å². The lowest BCUT2D eigenvalue weighted by molar-refractivity contribution is 0.102. The molecule has 0 unspecified atom stereocenters. The smallest absolute Gasteiger partial charge is 0.261 e. The third kappa shape index (κ3) is 5.32. The number of amides is 1. The fraction of sp³-hybridized carbons (Fsp3) is 0.182. The van der Waals surface area contributed by atoms with Gasteiger partial charge < -0.3 is 15.0 Å². The summed E-state index contributed by atoms with van der Waals surface area (Å²) < 4.78 is 31.2. The number of pyridine rings is 1. The third-order valence-electron chi connectivity index (χ3n) is 4.59. The van der Waals surface area contributed by atoms with E-state index in [-0.39, 0.29) is 22.8 Å². The van der Waals surface area contributed by atoms with Crippen molar-refractivity contribution in [2.45, 2.75) is 13.8 Å². The Morgan fingerprint density at radius 1 is 1.10 bits per heavy atom. The molecule has 0 saturated heterocycles. The molecule has 0 aliphatic rings. The van der Waals surface area contributed by atoms with Crippen LogP contribution in [-0.4, -0.2) is 32.2 Å². The molecule has 0 radical (unpaired) electrons. The molecule has 0 bridgehead atoms. The molecule has 2 aromatic carbocycles. The Labute approximate surface area is 180 Å². The van der Waals surface area contributed by atoms with Crippen molar-refractivity contribution in [1.29, 1.82) is 0 Å². The van der Waals surface area contributed by atoms with Gasteiger partial charge in [-0.3, -0.25) is 14.3 Å². The predicted octanol–water partition coefficient (Wildman–Crippen LogP) is 3.37. The van der Waals surface area contributed by atoms with Gasteiger partial charge in [0.2, 0.25) is 10.0 Å². The first kappa shape index (κ1) is 22.1. The van der Waals surface area contributed by atoms with Crippen LogP contribution in [0.2, 0.25) is 0 Å². The van der Waals surface area contributed by atoms with Gasteiger partial charge in [0.1, 0.15) is 11.3 Å². The topological polar surface area (TPSA) is 117 Å². The number of methoxy groups -OCH3 is 1. The fourth-order valence-corrected chi connectivity index (χ4v) is 3.57. The number of ether oxygens (including phenoxy) is 1. The lowest BCUT2D eigenvalue weighted by Crippen LogP contribution is -2.23. The molecule has 0 aliphatic heterocycles. The normalized spacial score (nSPS) is 11.1. The number of aromatic nitrogens is 1. The first-order chi connectivity index (χ1) is 14.7. The lowest BCUT2D eigenvalue weighted by atomic mass is 10.1. The molecule has 9 heteroatoms. The van der Waals surface area contributed by atoms with Gasteiger partial charge in [0.25, 0.3) is 11.5 Å². The Kier molecular flexibility index (Phi) is 6.45. The van der Waals surface area contributed by atoms with Crippen LogP contribution < -0.4 is 20.3 Å². The van der Waals surface area contributed by atoms with Crippen LogP contribution in [0, 0.1) is 6.92 Å². The van der Waals surface area contributed by atoms with Gasteiger partial charge in [-0.2, -0.15) is 0 Å². The van der Waals surface area contributed by atoms with Crippen molar-refractivity contribution in [2.75, 3.05) is 22.9 Å². The molecule has 31 heavy (non-hydrogen) atoms. The molecule has 1 heterocycles. The zero-order valence-electron chi connectivity index (χ0n) is 17.4. The van der Waals surface area contributed by atoms with Crippen LogP contribution in [0.25, 0.3) is 11.3 Å². The van der Waals surface area contributed by atoms with E-state index in [4.69, 9.17) is 4.74 Å². The van der Waals surface area contributed by atoms with Gasteiger partial charge in [0.15, 0.2) is 0 Å². The molecule has 1 amide bonds. The summed E-state index contributed by atoms with van der Waals surface area (Å²) in [6, 6.07) is 15.3. The monoisotopic (exact) mass is 441 g/mol. The molecule has 0 saturated carbocycles. The maximum Gasteiger partial charge on any atom is 0.261 e. The van der Waals surface area contributed by atoms with Crippen LogP contribution in [0.3, 0.4) is 0 Å². The Morgan fingerprint density at radius 2 is 1.87 bits per heavy atom. The van der Waals surface area contributed by atoms with Crippen molar-refractivity contribution in [3.63, 3.8) is 0 Å². The summed E-state index contributed by atoms with van der Waals surface area (Å²) in [5, 5.41) is 2.63. The van der Waals surface area contributed by atoms with E-state index in [0.717, 1.165) is 11.1 Å². The van der Waals surface area contributed by atoms with E-state index in [2.05, 4.69) is 15.0 Å². The number of sulfonamides is 1. The molecule has 162 valence electrons. The summed E-state index contributed by atoms with van der Waals surface area (Å²) in [5.74, 6) is -0.449. The molecule has 3 N–H and O–H groups in total. The number of H-pyrrole nitrogens is 1. The van der Waals surface area contributed by atoms with Gasteiger partial charge in [0, 0.05) is 17.4 Å². The molecule has 0 atom stereocenters. The van der Waals surface area contributed by atoms with Crippen LogP contribution in [0.5, 0.6) is 5.75 Å². The number of carbonyl (C=O) groups is 1. The lowest BCUT2D eigenvalue weighted by Gasteiger charge is -2.13. The van der Waals surface area contributed by atoms with Gasteiger partial charge in [-0.1, -0.05) is 23.8 Å². The van der Waals surface area contributed by atoms with Crippen LogP contribution in [0.4, 0.5) is 11.4 Å². The quantitative estimate of drug-likeness (QED) is 0.520. The van der Waals surface area contributed by atoms with Crippen LogP contribution in [-0.2, 0) is 10.0 Å². The maximum atomic E-state index is 12.6. The van der Waals surface area contributed by atoms with Crippen LogP contribution in [0.1, 0.15) is 22.8 Å². The number of hydrogen-bond acceptors (Lipinski definition) is 5. The second kappa shape index (κ2) is 9.05. The number of hydrogen-bond donors (Lipinski definition) is 3. The van der Waals surface area contributed by atoms with E-state index in [1.807, 2.05) is 31.2 Å². The fourth-order valence-electron chi connectivity index (χ4n) is 2.92. The average molecular weight is 442 g/mol. The number of aromatic amines is 1. The Bertz CT molecular complexity index is 1280. The zero-order chi connectivity index (χ0) is 22.6. The largest absolute Gasteiger partial charge is 0.494 e. The van der Waals surface area contributed by atoms with Crippen LogP contribution in [0.15, 0.2) is 59.4 Å². The van der Waals surface area contributed by atoms with Crippen molar-refractivity contribution >= 4 is 27.3 Å². The maximum absolute atomic E-state index is 12.6. The molecule has 0 fully saturated rings. The predicted molar refractivity (Wildman–Crippen MR) is 121 cm³/mol. The molecular weight excluding hydrogens is 418 g/mol. The minimum atomic E-state index is -3.48. The Hall–Kier alpha value is -3.59. The summed E-state index contributed by atoms with van der Waals surface area (Å²) in [7, 11) is -2.09. The summed E-state index contributed by atoms with van der Waals surface area (Å²) >= 11 is 0. The van der Waals surface area contributed by atoms with Gasteiger partial charge in [-0.25, -0.2) is 8.42 Å². The van der Waals surface area contributed by atoms with Crippen molar-refractivity contribution < 1.29 is 17.9 Å². The van der Waals surface area contributed by atoms with E-state index in [1.165, 1.54) is 38.3 Å². The van der Waals surface area contributed by atoms with Crippen LogP contribution >= 0.6 is 0 Å². The highest BCUT2D eigenvalue weighted by Gasteiger charge is 2.15. The minimum Gasteiger partial charge on any atom is -0.494 e. The highest BCUT2D eigenvalue weighted by atomic mass is 32.2. The molecule has 1 aromatic heterocycles. The van der Waals surface area contributed by atoms with Crippen molar-refractivity contribution in [3.05, 3.63) is 76.1 Å². The number of rotatable bonds is 7. The van der Waals surface area contributed by atoms with Gasteiger partial charge in [-0.05, 0) is 49.7 Å². The minimum absolute atomic E-state index is 0.0499. The summed E-state index contributed by atoms with van der Waals surface area (Å²) in [6.45, 7) is 3.47. The summed E-state index contributed by atoms with van der Waals surface area (Å²) in [6.07, 6.45) is 0. The zero-order valence-corrected chi connectivity index (χ0v) is 18.2. The second-order valence-electron chi connectivity index (χ2n) is 6.86. The van der Waals surface area contributed by atoms with E-state index < -0.39 is 21.5 Å². The number of nitrogens with one attached hydrogen (secondary N) is 3. The highest BCUT2D eigenvalue weighted by molar-refractivity contribution is 7.92.